The van der Waals surface area contributed by atoms with E-state index in [-0.39, 0.29) is 0 Å². The van der Waals surface area contributed by atoms with Crippen LogP contribution in [0, 0.1) is 5.92 Å². The van der Waals surface area contributed by atoms with Crippen LogP contribution in [0.5, 0.6) is 0 Å². The van der Waals surface area contributed by atoms with E-state index in [0.29, 0.717) is 19.1 Å². The molecule has 2 aromatic rings. The number of aliphatic hydroxyl groups is 1. The zero-order valence-electron chi connectivity index (χ0n) is 11.6. The molecule has 0 bridgehead atoms. The van der Waals surface area contributed by atoms with E-state index in [2.05, 4.69) is 16.0 Å². The van der Waals surface area contributed by atoms with Gasteiger partial charge in [-0.2, -0.15) is 0 Å². The minimum atomic E-state index is 0.300. The molecule has 4 heteroatoms. The molecule has 1 saturated heterocycles. The molecule has 1 aromatic heterocycles. The highest BCUT2D eigenvalue weighted by Crippen LogP contribution is 2.32. The van der Waals surface area contributed by atoms with Crippen LogP contribution in [-0.4, -0.2) is 29.8 Å². The van der Waals surface area contributed by atoms with Crippen LogP contribution < -0.4 is 10.6 Å². The van der Waals surface area contributed by atoms with Gasteiger partial charge in [0.05, 0.1) is 11.2 Å². The van der Waals surface area contributed by atoms with Gasteiger partial charge in [-0.3, -0.25) is 4.98 Å². The molecular weight excluding hydrogens is 250 g/mol. The summed E-state index contributed by atoms with van der Waals surface area (Å²) < 4.78 is 0. The van der Waals surface area contributed by atoms with Gasteiger partial charge in [-0.25, -0.2) is 0 Å². The van der Waals surface area contributed by atoms with Crippen LogP contribution in [0.4, 0.5) is 5.69 Å². The van der Waals surface area contributed by atoms with E-state index in [4.69, 9.17) is 5.73 Å². The van der Waals surface area contributed by atoms with Gasteiger partial charge in [0.2, 0.25) is 0 Å². The number of aliphatic hydroxyl groups excluding tert-OH is 1. The maximum atomic E-state index is 9.27. The van der Waals surface area contributed by atoms with E-state index in [1.54, 1.807) is 0 Å². The molecule has 0 radical (unpaired) electrons. The van der Waals surface area contributed by atoms with E-state index in [1.807, 2.05) is 24.4 Å². The lowest BCUT2D eigenvalue weighted by Crippen LogP contribution is -2.35. The van der Waals surface area contributed by atoms with Crippen molar-refractivity contribution in [2.24, 2.45) is 11.7 Å². The molecule has 106 valence electrons. The fourth-order valence-electron chi connectivity index (χ4n) is 3.03. The topological polar surface area (TPSA) is 62.4 Å². The molecule has 0 unspecified atom stereocenters. The number of piperidine rings is 1. The third-order valence-corrected chi connectivity index (χ3v) is 4.23. The van der Waals surface area contributed by atoms with Crippen LogP contribution in [0.3, 0.4) is 0 Å². The van der Waals surface area contributed by atoms with Crippen LogP contribution in [0.1, 0.15) is 18.4 Å². The third kappa shape index (κ3) is 2.37. The smallest absolute Gasteiger partial charge is 0.0723 e. The second-order valence-corrected chi connectivity index (χ2v) is 5.47. The Balaban J connectivity index is 2.01. The van der Waals surface area contributed by atoms with Gasteiger partial charge in [0.15, 0.2) is 0 Å². The number of pyridine rings is 1. The molecule has 3 rings (SSSR count). The molecule has 1 aliphatic rings. The maximum absolute atomic E-state index is 9.27. The van der Waals surface area contributed by atoms with E-state index < -0.39 is 0 Å². The molecule has 2 heterocycles. The number of aromatic nitrogens is 1. The summed E-state index contributed by atoms with van der Waals surface area (Å²) in [4.78, 5) is 6.89. The third-order valence-electron chi connectivity index (χ3n) is 4.23. The van der Waals surface area contributed by atoms with Crippen LogP contribution in [0.2, 0.25) is 0 Å². The number of fused-ring (bicyclic) bond motifs is 1. The summed E-state index contributed by atoms with van der Waals surface area (Å²) in [7, 11) is 0. The number of nitrogens with two attached hydrogens (primary N) is 1. The Labute approximate surface area is 119 Å². The molecule has 0 saturated carbocycles. The van der Waals surface area contributed by atoms with Gasteiger partial charge in [0.25, 0.3) is 0 Å². The summed E-state index contributed by atoms with van der Waals surface area (Å²) in [5.41, 5.74) is 9.25. The van der Waals surface area contributed by atoms with Gasteiger partial charge in [-0.1, -0.05) is 18.2 Å². The first-order chi connectivity index (χ1) is 9.83. The Morgan fingerprint density at radius 1 is 1.25 bits per heavy atom. The van der Waals surface area contributed by atoms with Crippen molar-refractivity contribution < 1.29 is 5.11 Å². The van der Waals surface area contributed by atoms with Crippen molar-refractivity contribution in [1.29, 1.82) is 0 Å². The average Bonchev–Trinajstić information content (AvgIpc) is 2.54. The predicted molar refractivity (Wildman–Crippen MR) is 81.7 cm³/mol. The first kappa shape index (κ1) is 13.3. The fraction of sp³-hybridized carbons (Fsp3) is 0.438. The lowest BCUT2D eigenvalue weighted by Gasteiger charge is -2.34. The summed E-state index contributed by atoms with van der Waals surface area (Å²) in [5.74, 6) is 0.445. The van der Waals surface area contributed by atoms with Gasteiger partial charge < -0.3 is 15.7 Å². The van der Waals surface area contributed by atoms with E-state index >= 15 is 0 Å². The Morgan fingerprint density at radius 3 is 2.70 bits per heavy atom. The first-order valence-electron chi connectivity index (χ1n) is 7.26. The van der Waals surface area contributed by atoms with Crippen molar-refractivity contribution in [1.82, 2.24) is 4.98 Å². The number of benzene rings is 1. The minimum Gasteiger partial charge on any atom is -0.396 e. The Bertz CT molecular complexity index is 591. The lowest BCUT2D eigenvalue weighted by atomic mass is 9.96. The van der Waals surface area contributed by atoms with Crippen molar-refractivity contribution in [2.75, 3.05) is 24.6 Å². The van der Waals surface area contributed by atoms with Gasteiger partial charge in [0.1, 0.15) is 0 Å². The molecule has 3 N–H and O–H groups in total. The molecule has 0 amide bonds. The van der Waals surface area contributed by atoms with E-state index in [1.165, 1.54) is 11.1 Å². The zero-order chi connectivity index (χ0) is 13.9. The Hall–Kier alpha value is -1.65. The number of nitrogens with zero attached hydrogens (tertiary/aromatic N) is 2. The molecule has 1 fully saturated rings. The van der Waals surface area contributed by atoms with Crippen LogP contribution in [0.15, 0.2) is 30.5 Å². The lowest BCUT2D eigenvalue weighted by molar-refractivity contribution is 0.203. The van der Waals surface area contributed by atoms with Crippen molar-refractivity contribution in [3.8, 4) is 0 Å². The molecule has 1 aliphatic heterocycles. The number of hydrogen-bond acceptors (Lipinski definition) is 4. The fourth-order valence-corrected chi connectivity index (χ4v) is 3.03. The zero-order valence-corrected chi connectivity index (χ0v) is 11.6. The largest absolute Gasteiger partial charge is 0.396 e. The highest BCUT2D eigenvalue weighted by atomic mass is 16.3. The first-order valence-corrected chi connectivity index (χ1v) is 7.26. The number of anilines is 1. The van der Waals surface area contributed by atoms with Gasteiger partial charge >= 0.3 is 0 Å². The molecule has 0 atom stereocenters. The highest BCUT2D eigenvalue weighted by Gasteiger charge is 2.22. The Kier molecular flexibility index (Phi) is 3.85. The molecule has 0 aliphatic carbocycles. The second-order valence-electron chi connectivity index (χ2n) is 5.47. The van der Waals surface area contributed by atoms with Gasteiger partial charge in [-0.15, -0.1) is 0 Å². The van der Waals surface area contributed by atoms with Gasteiger partial charge in [0, 0.05) is 43.4 Å². The van der Waals surface area contributed by atoms with Crippen molar-refractivity contribution >= 4 is 16.6 Å². The number of hydrogen-bond donors (Lipinski definition) is 2. The van der Waals surface area contributed by atoms with Crippen molar-refractivity contribution in [3.05, 3.63) is 36.0 Å². The second kappa shape index (κ2) is 5.77. The van der Waals surface area contributed by atoms with Crippen molar-refractivity contribution in [2.45, 2.75) is 19.4 Å². The maximum Gasteiger partial charge on any atom is 0.0723 e. The normalized spacial score (nSPS) is 16.8. The summed E-state index contributed by atoms with van der Waals surface area (Å²) in [5, 5.41) is 10.5. The van der Waals surface area contributed by atoms with Crippen LogP contribution in [0.25, 0.3) is 10.9 Å². The minimum absolute atomic E-state index is 0.300. The average molecular weight is 271 g/mol. The molecule has 1 aromatic carbocycles. The number of rotatable bonds is 3. The number of para-hydroxylation sites is 1. The predicted octanol–water partition coefficient (Wildman–Crippen LogP) is 1.90. The van der Waals surface area contributed by atoms with E-state index in [9.17, 15) is 5.11 Å². The van der Waals surface area contributed by atoms with Crippen molar-refractivity contribution in [3.63, 3.8) is 0 Å². The summed E-state index contributed by atoms with van der Waals surface area (Å²) in [6.45, 7) is 2.76. The van der Waals surface area contributed by atoms with Crippen LogP contribution >= 0.6 is 0 Å². The summed E-state index contributed by atoms with van der Waals surface area (Å²) in [6.07, 6.45) is 3.98. The quantitative estimate of drug-likeness (QED) is 0.895. The summed E-state index contributed by atoms with van der Waals surface area (Å²) in [6, 6.07) is 8.22. The Morgan fingerprint density at radius 2 is 2.00 bits per heavy atom. The monoisotopic (exact) mass is 271 g/mol. The molecule has 4 nitrogen and oxygen atoms in total. The van der Waals surface area contributed by atoms with E-state index in [0.717, 1.165) is 37.0 Å². The summed E-state index contributed by atoms with van der Waals surface area (Å²) >= 11 is 0. The SMILES string of the molecule is NCc1cnc2ccccc2c1N1CCC(CO)CC1. The molecule has 0 spiro atoms. The van der Waals surface area contributed by atoms with Gasteiger partial charge in [-0.05, 0) is 24.8 Å². The highest BCUT2D eigenvalue weighted by molar-refractivity contribution is 5.93. The standard InChI is InChI=1S/C16H21N3O/c17-9-13-10-18-15-4-2-1-3-14(15)16(13)19-7-5-12(11-20)6-8-19/h1-4,10,12,20H,5-9,11,17H2. The van der Waals surface area contributed by atoms with Crippen LogP contribution in [-0.2, 0) is 6.54 Å². The molecular formula is C16H21N3O. The molecule has 20 heavy (non-hydrogen) atoms.